The molecule has 2 N–H and O–H groups in total. The highest BCUT2D eigenvalue weighted by Crippen LogP contribution is 2.23. The third-order valence-electron chi connectivity index (χ3n) is 2.07. The molecule has 4 heteroatoms. The Morgan fingerprint density at radius 1 is 1.58 bits per heavy atom. The van der Waals surface area contributed by atoms with Gasteiger partial charge in [0.2, 0.25) is 0 Å². The molecule has 68 valence electrons. The quantitative estimate of drug-likeness (QED) is 0.709. The van der Waals surface area contributed by atoms with Crippen LogP contribution < -0.4 is 10.6 Å². The summed E-state index contributed by atoms with van der Waals surface area (Å²) in [6, 6.07) is 0. The number of aromatic nitrogens is 2. The molecule has 12 heavy (non-hydrogen) atoms. The predicted molar refractivity (Wildman–Crippen MR) is 51.3 cm³/mol. The van der Waals surface area contributed by atoms with Crippen molar-refractivity contribution in [2.75, 3.05) is 24.2 Å². The van der Waals surface area contributed by atoms with E-state index < -0.39 is 0 Å². The Kier molecular flexibility index (Phi) is 2.26. The van der Waals surface area contributed by atoms with Gasteiger partial charge in [-0.25, -0.2) is 0 Å². The van der Waals surface area contributed by atoms with Gasteiger partial charge in [-0.15, -0.1) is 0 Å². The zero-order valence-corrected chi connectivity index (χ0v) is 8.13. The van der Waals surface area contributed by atoms with Crippen molar-refractivity contribution in [1.82, 2.24) is 9.78 Å². The Hall–Kier alpha value is -1.19. The standard InChI is InChI=1S/C8H16N4/c1-5-11(3)8-7(9)6(2)10-12(8)4/h5,9H2,1-4H3. The van der Waals surface area contributed by atoms with E-state index in [4.69, 9.17) is 5.73 Å². The first kappa shape index (κ1) is 8.90. The molecule has 1 aromatic rings. The Morgan fingerprint density at radius 2 is 2.17 bits per heavy atom. The van der Waals surface area contributed by atoms with Gasteiger partial charge in [-0.2, -0.15) is 5.10 Å². The fraction of sp³-hybridized carbons (Fsp3) is 0.625. The second kappa shape index (κ2) is 3.05. The highest BCUT2D eigenvalue weighted by molar-refractivity contribution is 5.65. The molecule has 0 aliphatic carbocycles. The van der Waals surface area contributed by atoms with Gasteiger partial charge in [0.1, 0.15) is 5.82 Å². The van der Waals surface area contributed by atoms with Gasteiger partial charge in [-0.1, -0.05) is 0 Å². The zero-order chi connectivity index (χ0) is 9.30. The molecule has 0 atom stereocenters. The molecule has 0 saturated heterocycles. The maximum Gasteiger partial charge on any atom is 0.150 e. The summed E-state index contributed by atoms with van der Waals surface area (Å²) in [5, 5.41) is 4.23. The maximum atomic E-state index is 5.85. The van der Waals surface area contributed by atoms with Crippen LogP contribution in [0.15, 0.2) is 0 Å². The summed E-state index contributed by atoms with van der Waals surface area (Å²) >= 11 is 0. The topological polar surface area (TPSA) is 47.1 Å². The molecule has 1 rings (SSSR count). The molecule has 0 spiro atoms. The van der Waals surface area contributed by atoms with Crippen molar-refractivity contribution in [1.29, 1.82) is 0 Å². The van der Waals surface area contributed by atoms with Crippen molar-refractivity contribution >= 4 is 11.5 Å². The third kappa shape index (κ3) is 1.24. The fourth-order valence-electron chi connectivity index (χ4n) is 1.26. The largest absolute Gasteiger partial charge is 0.394 e. The summed E-state index contributed by atoms with van der Waals surface area (Å²) in [5.41, 5.74) is 7.53. The second-order valence-electron chi connectivity index (χ2n) is 2.96. The lowest BCUT2D eigenvalue weighted by Crippen LogP contribution is -2.20. The fourth-order valence-corrected chi connectivity index (χ4v) is 1.26. The molecule has 0 bridgehead atoms. The van der Waals surface area contributed by atoms with E-state index in [1.807, 2.05) is 25.7 Å². The molecule has 0 saturated carbocycles. The normalized spacial score (nSPS) is 10.3. The van der Waals surface area contributed by atoms with Crippen LogP contribution in [0.1, 0.15) is 12.6 Å². The van der Waals surface area contributed by atoms with Crippen molar-refractivity contribution < 1.29 is 0 Å². The summed E-state index contributed by atoms with van der Waals surface area (Å²) < 4.78 is 1.81. The molecule has 1 aromatic heterocycles. The van der Waals surface area contributed by atoms with Gasteiger partial charge in [0.25, 0.3) is 0 Å². The van der Waals surface area contributed by atoms with E-state index in [0.717, 1.165) is 23.7 Å². The third-order valence-corrected chi connectivity index (χ3v) is 2.07. The van der Waals surface area contributed by atoms with Crippen LogP contribution in [0.5, 0.6) is 0 Å². The SMILES string of the molecule is CCN(C)c1c(N)c(C)nn1C. The average Bonchev–Trinajstić information content (AvgIpc) is 2.26. The summed E-state index contributed by atoms with van der Waals surface area (Å²) in [6.45, 7) is 4.94. The van der Waals surface area contributed by atoms with Gasteiger partial charge >= 0.3 is 0 Å². The van der Waals surface area contributed by atoms with Crippen LogP contribution >= 0.6 is 0 Å². The van der Waals surface area contributed by atoms with E-state index in [1.54, 1.807) is 0 Å². The van der Waals surface area contributed by atoms with E-state index in [9.17, 15) is 0 Å². The van der Waals surface area contributed by atoms with Gasteiger partial charge in [-0.3, -0.25) is 4.68 Å². The van der Waals surface area contributed by atoms with Crippen LogP contribution in [-0.2, 0) is 7.05 Å². The van der Waals surface area contributed by atoms with Crippen LogP contribution in [0.25, 0.3) is 0 Å². The number of anilines is 2. The maximum absolute atomic E-state index is 5.85. The highest BCUT2D eigenvalue weighted by Gasteiger charge is 2.12. The van der Waals surface area contributed by atoms with Crippen molar-refractivity contribution in [3.63, 3.8) is 0 Å². The molecule has 0 unspecified atom stereocenters. The van der Waals surface area contributed by atoms with Gasteiger partial charge in [-0.05, 0) is 13.8 Å². The molecular formula is C8H16N4. The van der Waals surface area contributed by atoms with Crippen molar-refractivity contribution in [3.8, 4) is 0 Å². The van der Waals surface area contributed by atoms with Gasteiger partial charge < -0.3 is 10.6 Å². The molecule has 0 radical (unpaired) electrons. The zero-order valence-electron chi connectivity index (χ0n) is 8.13. The number of aryl methyl sites for hydroxylation is 2. The van der Waals surface area contributed by atoms with Crippen molar-refractivity contribution in [2.45, 2.75) is 13.8 Å². The molecule has 0 amide bonds. The first-order valence-corrected chi connectivity index (χ1v) is 4.08. The van der Waals surface area contributed by atoms with Crippen LogP contribution in [0.4, 0.5) is 11.5 Å². The lowest BCUT2D eigenvalue weighted by Gasteiger charge is -2.17. The van der Waals surface area contributed by atoms with Crippen LogP contribution in [0.3, 0.4) is 0 Å². The molecule has 0 fully saturated rings. The average molecular weight is 168 g/mol. The smallest absolute Gasteiger partial charge is 0.150 e. The summed E-state index contributed by atoms with van der Waals surface area (Å²) in [5.74, 6) is 0.995. The summed E-state index contributed by atoms with van der Waals surface area (Å²) in [7, 11) is 3.91. The molecular weight excluding hydrogens is 152 g/mol. The van der Waals surface area contributed by atoms with Crippen LogP contribution in [0, 0.1) is 6.92 Å². The lowest BCUT2D eigenvalue weighted by molar-refractivity contribution is 0.733. The Balaban J connectivity index is 3.13. The Bertz CT molecular complexity index is 277. The predicted octanol–water partition coefficient (Wildman–Crippen LogP) is 0.767. The van der Waals surface area contributed by atoms with Gasteiger partial charge in [0, 0.05) is 20.6 Å². The number of hydrogen-bond donors (Lipinski definition) is 1. The van der Waals surface area contributed by atoms with Crippen molar-refractivity contribution in [2.24, 2.45) is 7.05 Å². The van der Waals surface area contributed by atoms with Crippen LogP contribution in [0.2, 0.25) is 0 Å². The molecule has 0 aliphatic rings. The Morgan fingerprint density at radius 3 is 2.50 bits per heavy atom. The summed E-state index contributed by atoms with van der Waals surface area (Å²) in [4.78, 5) is 2.08. The highest BCUT2D eigenvalue weighted by atomic mass is 15.4. The van der Waals surface area contributed by atoms with E-state index in [2.05, 4.69) is 16.9 Å². The molecule has 0 aliphatic heterocycles. The lowest BCUT2D eigenvalue weighted by atomic mass is 10.4. The van der Waals surface area contributed by atoms with E-state index in [1.165, 1.54) is 0 Å². The minimum Gasteiger partial charge on any atom is -0.394 e. The molecule has 1 heterocycles. The Labute approximate surface area is 73.0 Å². The monoisotopic (exact) mass is 168 g/mol. The first-order chi connectivity index (χ1) is 5.57. The summed E-state index contributed by atoms with van der Waals surface area (Å²) in [6.07, 6.45) is 0. The number of hydrogen-bond acceptors (Lipinski definition) is 3. The second-order valence-corrected chi connectivity index (χ2v) is 2.96. The van der Waals surface area contributed by atoms with Gasteiger partial charge in [0.05, 0.1) is 11.4 Å². The minimum absolute atomic E-state index is 0.779. The number of nitrogen functional groups attached to an aromatic ring is 1. The number of nitrogens with two attached hydrogens (primary N) is 1. The molecule has 0 aromatic carbocycles. The molecule has 4 nitrogen and oxygen atoms in total. The number of nitrogens with zero attached hydrogens (tertiary/aromatic N) is 3. The van der Waals surface area contributed by atoms with E-state index in [-0.39, 0.29) is 0 Å². The van der Waals surface area contributed by atoms with Crippen LogP contribution in [-0.4, -0.2) is 23.4 Å². The van der Waals surface area contributed by atoms with E-state index >= 15 is 0 Å². The van der Waals surface area contributed by atoms with Crippen molar-refractivity contribution in [3.05, 3.63) is 5.69 Å². The van der Waals surface area contributed by atoms with Gasteiger partial charge in [0.15, 0.2) is 0 Å². The van der Waals surface area contributed by atoms with E-state index in [0.29, 0.717) is 0 Å². The number of rotatable bonds is 2. The minimum atomic E-state index is 0.779. The first-order valence-electron chi connectivity index (χ1n) is 4.08.